The van der Waals surface area contributed by atoms with Crippen molar-refractivity contribution in [2.75, 3.05) is 4.90 Å². The third-order valence-electron chi connectivity index (χ3n) is 15.2. The van der Waals surface area contributed by atoms with Crippen LogP contribution in [-0.2, 0) is 72.6 Å². The number of nitrogens with two attached hydrogens (primary N) is 1. The number of benzene rings is 4. The first kappa shape index (κ1) is 53.5. The summed E-state index contributed by atoms with van der Waals surface area (Å²) in [6.45, 7) is 2.07. The number of aromatic nitrogens is 3. The van der Waals surface area contributed by atoms with Gasteiger partial charge in [-0.15, -0.1) is 0 Å². The summed E-state index contributed by atoms with van der Waals surface area (Å²) >= 11 is 0. The van der Waals surface area contributed by atoms with Gasteiger partial charge in [-0.3, -0.25) is 57.5 Å². The Labute approximate surface area is 437 Å². The molecular weight excluding hydrogens is 994 g/mol. The van der Waals surface area contributed by atoms with Crippen LogP contribution in [0.1, 0.15) is 126 Å². The highest BCUT2D eigenvalue weighted by molar-refractivity contribution is 7.70. The molecular formula is C56H62N7O12P. The molecule has 5 atom stereocenters. The second-order valence-electron chi connectivity index (χ2n) is 20.4. The number of ketones is 1. The monoisotopic (exact) mass is 1060 g/mol. The average Bonchev–Trinajstić information content (AvgIpc) is 4.08. The molecule has 2 aromatic heterocycles. The number of carbonyl (C=O) groups is 7. The van der Waals surface area contributed by atoms with E-state index >= 15 is 0 Å². The number of fused-ring (bicyclic) bond motifs is 2. The van der Waals surface area contributed by atoms with E-state index < -0.39 is 61.0 Å². The highest BCUT2D eigenvalue weighted by Crippen LogP contribution is 2.42. The van der Waals surface area contributed by atoms with Crippen LogP contribution in [0, 0.1) is 5.92 Å². The Morgan fingerprint density at radius 1 is 0.842 bits per heavy atom. The van der Waals surface area contributed by atoms with E-state index in [1.807, 2.05) is 55.5 Å². The van der Waals surface area contributed by atoms with Gasteiger partial charge in [-0.05, 0) is 123 Å². The first-order chi connectivity index (χ1) is 36.3. The fourth-order valence-corrected chi connectivity index (χ4v) is 11.4. The average molecular weight is 1060 g/mol. The molecule has 0 aliphatic carbocycles. The van der Waals surface area contributed by atoms with E-state index in [0.717, 1.165) is 66.3 Å². The molecule has 398 valence electrons. The zero-order chi connectivity index (χ0) is 54.0. The number of aryl methyl sites for hydroxylation is 4. The van der Waals surface area contributed by atoms with Crippen LogP contribution in [0.2, 0.25) is 0 Å². The van der Waals surface area contributed by atoms with E-state index in [9.17, 15) is 52.7 Å². The number of nitrogens with one attached hydrogen (secondary N) is 3. The molecule has 76 heavy (non-hydrogen) atoms. The van der Waals surface area contributed by atoms with Gasteiger partial charge in [0.25, 0.3) is 5.52 Å². The number of unbranched alkanes of at least 4 members (excludes halogenated alkanes) is 3. The molecule has 3 aliphatic heterocycles. The quantitative estimate of drug-likeness (QED) is 0.0200. The topological polar surface area (TPSA) is 282 Å². The normalized spacial score (nSPS) is 18.3. The Morgan fingerprint density at radius 2 is 1.55 bits per heavy atom. The lowest BCUT2D eigenvalue weighted by atomic mass is 9.93. The number of piperidine rings is 1. The van der Waals surface area contributed by atoms with E-state index in [2.05, 4.69) is 27.8 Å². The predicted molar refractivity (Wildman–Crippen MR) is 282 cm³/mol. The number of primary amides is 1. The maximum atomic E-state index is 14.6. The number of ether oxygens (including phenoxy) is 1. The van der Waals surface area contributed by atoms with Crippen LogP contribution < -0.4 is 27.0 Å². The van der Waals surface area contributed by atoms with Crippen molar-refractivity contribution in [2.45, 2.75) is 128 Å². The molecule has 19 nitrogen and oxygen atoms in total. The van der Waals surface area contributed by atoms with E-state index in [1.54, 1.807) is 11.6 Å². The van der Waals surface area contributed by atoms with Gasteiger partial charge in [0, 0.05) is 55.1 Å². The molecule has 6 aromatic rings. The zero-order valence-corrected chi connectivity index (χ0v) is 43.3. The maximum Gasteiger partial charge on any atom is 0.396 e. The Bertz CT molecular complexity index is 3390. The van der Waals surface area contributed by atoms with Gasteiger partial charge in [0.1, 0.15) is 12.1 Å². The lowest BCUT2D eigenvalue weighted by Crippen LogP contribution is -2.54. The number of nitrogens with zero attached hydrogens (tertiary/aromatic N) is 3. The summed E-state index contributed by atoms with van der Waals surface area (Å²) in [5.41, 5.74) is 11.4. The smallest absolute Gasteiger partial charge is 0.372 e. The number of anilines is 1. The van der Waals surface area contributed by atoms with Crippen molar-refractivity contribution in [3.8, 4) is 0 Å². The van der Waals surface area contributed by atoms with E-state index in [0.29, 0.717) is 41.4 Å². The van der Waals surface area contributed by atoms with Crippen LogP contribution in [0.15, 0.2) is 89.7 Å². The minimum atomic E-state index is -5.03. The van der Waals surface area contributed by atoms with Gasteiger partial charge in [-0.25, -0.2) is 4.79 Å². The number of hydrogen-bond acceptors (Lipinski definition) is 10. The second kappa shape index (κ2) is 22.5. The number of rotatable bonds is 22. The van der Waals surface area contributed by atoms with Gasteiger partial charge in [0.2, 0.25) is 29.5 Å². The number of imidazole rings is 1. The molecule has 1 fully saturated rings. The zero-order valence-electron chi connectivity index (χ0n) is 42.4. The molecule has 9 rings (SSSR count). The molecule has 0 radical (unpaired) electrons. The van der Waals surface area contributed by atoms with E-state index in [-0.39, 0.29) is 73.3 Å². The van der Waals surface area contributed by atoms with Crippen LogP contribution in [0.25, 0.3) is 21.9 Å². The van der Waals surface area contributed by atoms with Crippen molar-refractivity contribution in [3.05, 3.63) is 134 Å². The second-order valence-corrected chi connectivity index (χ2v) is 21.9. The fourth-order valence-electron chi connectivity index (χ4n) is 11.0. The number of Topliss-reactive ketones (excluding diaryl/α,β-unsaturated/α-hetero) is 1. The Morgan fingerprint density at radius 3 is 2.28 bits per heavy atom. The summed E-state index contributed by atoms with van der Waals surface area (Å²) < 4.78 is 21.0. The van der Waals surface area contributed by atoms with Crippen LogP contribution in [0.5, 0.6) is 0 Å². The Kier molecular flexibility index (Phi) is 15.8. The number of carbonyl (C=O) groups excluding carboxylic acids is 7. The lowest BCUT2D eigenvalue weighted by molar-refractivity contribution is -0.135. The van der Waals surface area contributed by atoms with Crippen LogP contribution in [-0.4, -0.2) is 82.9 Å². The van der Waals surface area contributed by atoms with Gasteiger partial charge in [0.05, 0.1) is 41.2 Å². The molecule has 20 heteroatoms. The van der Waals surface area contributed by atoms with Crippen LogP contribution >= 0.6 is 7.60 Å². The number of aromatic amines is 1. The summed E-state index contributed by atoms with van der Waals surface area (Å²) in [6.07, 6.45) is 6.85. The standard InChI is InChI=1S/C56H62N7O12P/c1-32(75-31-35-14-12-33(13-15-35)8-5-3-4-6-9-34-16-22-44-46(26-34)61(2)56(71)62(44)45-23-25-50(66)60-52(45)67)41(21-24-49(57)65)59-53(68)47-29-37-11-7-10-36-17-18-38(54(69)63(47)51(36)37)30-48(64)43-28-40-27-39(19-20-42(40)58-43)55(70)76(72,73)74/h7,10-16,19-20,22,26-28,32,38,41,45,47,58H,3-6,8-9,17-18,21,23-25,29-31H2,1-2H3,(H2,57,65)(H,59,68)(H,60,66,67)(H2,72,73,74)/t32-,38-,41+,45?,47+/m1/s1. The minimum Gasteiger partial charge on any atom is -0.372 e. The molecule has 4 aromatic carbocycles. The summed E-state index contributed by atoms with van der Waals surface area (Å²) in [4.78, 5) is 128. The third kappa shape index (κ3) is 11.6. The molecule has 5 heterocycles. The lowest BCUT2D eigenvalue weighted by Gasteiger charge is -2.31. The molecule has 7 N–H and O–H groups in total. The largest absolute Gasteiger partial charge is 0.396 e. The molecule has 1 saturated heterocycles. The SMILES string of the molecule is C[C@@H](OCc1ccc(CCCCCCc2ccc3c(c2)n(C)c(=O)n3C2CCC(=O)NC2=O)cc1)[C@H](CCC(N)=O)NC(=O)[C@@H]1Cc2cccc3c2N1C(=O)[C@@H](CC(=O)c1cc2cc(C(=O)P(=O)(O)O)ccc2[nH]1)CC3. The highest BCUT2D eigenvalue weighted by Gasteiger charge is 2.45. The Balaban J connectivity index is 0.768. The van der Waals surface area contributed by atoms with Crippen molar-refractivity contribution in [1.29, 1.82) is 0 Å². The Hall–Kier alpha value is -7.31. The van der Waals surface area contributed by atoms with Crippen molar-refractivity contribution in [1.82, 2.24) is 24.8 Å². The van der Waals surface area contributed by atoms with Gasteiger partial charge in [-0.1, -0.05) is 61.4 Å². The molecule has 1 unspecified atom stereocenters. The molecule has 3 aliphatic rings. The number of para-hydroxylation sites is 1. The van der Waals surface area contributed by atoms with Gasteiger partial charge < -0.3 is 30.6 Å². The summed E-state index contributed by atoms with van der Waals surface area (Å²) in [7, 11) is -3.33. The van der Waals surface area contributed by atoms with Gasteiger partial charge in [0.15, 0.2) is 5.78 Å². The molecule has 0 spiro atoms. The molecule has 0 saturated carbocycles. The summed E-state index contributed by atoms with van der Waals surface area (Å²) in [5, 5.41) is 5.83. The van der Waals surface area contributed by atoms with Gasteiger partial charge in [-0.2, -0.15) is 0 Å². The number of imide groups is 1. The van der Waals surface area contributed by atoms with E-state index in [4.69, 9.17) is 10.5 Å². The van der Waals surface area contributed by atoms with Crippen LogP contribution in [0.3, 0.4) is 0 Å². The van der Waals surface area contributed by atoms with Crippen LogP contribution in [0.4, 0.5) is 5.69 Å². The van der Waals surface area contributed by atoms with Gasteiger partial charge >= 0.3 is 13.3 Å². The van der Waals surface area contributed by atoms with Crippen molar-refractivity contribution >= 4 is 76.1 Å². The maximum absolute atomic E-state index is 14.6. The van der Waals surface area contributed by atoms with Crippen molar-refractivity contribution in [2.24, 2.45) is 18.7 Å². The number of H-pyrrole nitrogens is 1. The molecule has 0 bridgehead atoms. The molecule has 5 amide bonds. The minimum absolute atomic E-state index is 0.00884. The number of amides is 5. The summed E-state index contributed by atoms with van der Waals surface area (Å²) in [5.74, 6) is -3.27. The predicted octanol–water partition coefficient (Wildman–Crippen LogP) is 5.91. The summed E-state index contributed by atoms with van der Waals surface area (Å²) in [6, 6.07) is 23.0. The third-order valence-corrected chi connectivity index (χ3v) is 16.0. The van der Waals surface area contributed by atoms with Crippen molar-refractivity contribution < 1.29 is 52.7 Å². The van der Waals surface area contributed by atoms with E-state index in [1.165, 1.54) is 39.3 Å². The first-order valence-electron chi connectivity index (χ1n) is 25.9. The fraction of sp³-hybridized carbons (Fsp3) is 0.393. The number of hydrogen-bond donors (Lipinski definition) is 6. The first-order valence-corrected chi connectivity index (χ1v) is 27.5. The highest BCUT2D eigenvalue weighted by atomic mass is 31.2. The van der Waals surface area contributed by atoms with Crippen molar-refractivity contribution in [3.63, 3.8) is 0 Å².